The van der Waals surface area contributed by atoms with Crippen LogP contribution in [0.5, 0.6) is 6.01 Å². The number of thioether (sulfide) groups is 1. The molecule has 0 spiro atoms. The van der Waals surface area contributed by atoms with Crippen molar-refractivity contribution >= 4 is 52.6 Å². The molecule has 180 valence electrons. The molecule has 0 bridgehead atoms. The van der Waals surface area contributed by atoms with Gasteiger partial charge in [0.25, 0.3) is 11.8 Å². The third kappa shape index (κ3) is 6.44. The lowest BCUT2D eigenvalue weighted by Gasteiger charge is -2.33. The highest BCUT2D eigenvalue weighted by molar-refractivity contribution is 7.98. The van der Waals surface area contributed by atoms with Crippen molar-refractivity contribution in [3.05, 3.63) is 33.2 Å². The molecular formula is C20H26Cl2N6O4S. The number of ether oxygens (including phenoxy) is 1. The van der Waals surface area contributed by atoms with Crippen LogP contribution >= 0.6 is 35.0 Å². The van der Waals surface area contributed by atoms with E-state index in [1.807, 2.05) is 11.2 Å². The van der Waals surface area contributed by atoms with Crippen LogP contribution in [0.4, 0.5) is 5.82 Å². The summed E-state index contributed by atoms with van der Waals surface area (Å²) in [6, 6.07) is 1.69. The first-order chi connectivity index (χ1) is 15.8. The van der Waals surface area contributed by atoms with Crippen LogP contribution in [0.1, 0.15) is 39.5 Å². The molecule has 0 aromatic carbocycles. The number of carbonyl (C=O) groups excluding carboxylic acids is 2. The minimum atomic E-state index is -0.491. The lowest BCUT2D eigenvalue weighted by Crippen LogP contribution is -2.45. The van der Waals surface area contributed by atoms with Gasteiger partial charge < -0.3 is 19.9 Å². The minimum Gasteiger partial charge on any atom is -0.463 e. The van der Waals surface area contributed by atoms with Crippen LogP contribution in [0.2, 0.25) is 10.0 Å². The van der Waals surface area contributed by atoms with E-state index in [9.17, 15) is 9.59 Å². The number of hydrogen-bond acceptors (Lipinski definition) is 8. The molecule has 2 aromatic heterocycles. The van der Waals surface area contributed by atoms with E-state index in [1.165, 1.54) is 7.11 Å². The van der Waals surface area contributed by atoms with Gasteiger partial charge >= 0.3 is 6.01 Å². The number of amides is 2. The number of hydroxylamine groups is 1. The number of nitrogens with zero attached hydrogens (tertiary/aromatic N) is 3. The van der Waals surface area contributed by atoms with E-state index in [1.54, 1.807) is 24.8 Å². The number of hydrogen-bond donors (Lipinski definition) is 3. The molecule has 0 unspecified atom stereocenters. The number of piperidine rings is 1. The predicted octanol–water partition coefficient (Wildman–Crippen LogP) is 2.85. The summed E-state index contributed by atoms with van der Waals surface area (Å²) in [5.74, 6) is 0.562. The molecule has 1 fully saturated rings. The van der Waals surface area contributed by atoms with E-state index in [2.05, 4.69) is 25.7 Å². The molecule has 0 atom stereocenters. The maximum atomic E-state index is 12.6. The van der Waals surface area contributed by atoms with Crippen LogP contribution in [0.15, 0.2) is 6.07 Å². The number of nitrogens with one attached hydrogen (secondary N) is 3. The summed E-state index contributed by atoms with van der Waals surface area (Å²) in [6.45, 7) is 3.42. The number of H-pyrrole nitrogens is 1. The van der Waals surface area contributed by atoms with Crippen molar-refractivity contribution in [1.29, 1.82) is 0 Å². The summed E-state index contributed by atoms with van der Waals surface area (Å²) in [5, 5.41) is 3.57. The summed E-state index contributed by atoms with van der Waals surface area (Å²) >= 11 is 13.9. The summed E-state index contributed by atoms with van der Waals surface area (Å²) in [5.41, 5.74) is 3.32. The van der Waals surface area contributed by atoms with Crippen LogP contribution in [-0.4, -0.2) is 71.6 Å². The summed E-state index contributed by atoms with van der Waals surface area (Å²) in [6.07, 6.45) is 3.34. The lowest BCUT2D eigenvalue weighted by atomic mass is 10.0. The minimum absolute atomic E-state index is 0.0393. The third-order valence-electron chi connectivity index (χ3n) is 5.07. The molecule has 1 aliphatic rings. The van der Waals surface area contributed by atoms with E-state index >= 15 is 0 Å². The number of aromatic nitrogens is 3. The Morgan fingerprint density at radius 3 is 2.58 bits per heavy atom. The number of halogens is 2. The second-order valence-electron chi connectivity index (χ2n) is 7.36. The first kappa shape index (κ1) is 25.4. The highest BCUT2D eigenvalue weighted by atomic mass is 35.5. The molecule has 1 saturated heterocycles. The number of rotatable bonds is 9. The van der Waals surface area contributed by atoms with Gasteiger partial charge in [-0.05, 0) is 26.0 Å². The Morgan fingerprint density at radius 2 is 1.97 bits per heavy atom. The molecule has 3 heterocycles. The Balaban J connectivity index is 1.66. The van der Waals surface area contributed by atoms with Crippen LogP contribution in [0, 0.1) is 6.92 Å². The fourth-order valence-corrected chi connectivity index (χ4v) is 4.02. The largest absolute Gasteiger partial charge is 0.463 e. The van der Waals surface area contributed by atoms with Gasteiger partial charge in [-0.25, -0.2) is 5.48 Å². The Kier molecular flexibility index (Phi) is 9.07. The number of aromatic amines is 1. The van der Waals surface area contributed by atoms with Gasteiger partial charge in [0.1, 0.15) is 23.8 Å². The average molecular weight is 517 g/mol. The second-order valence-corrected chi connectivity index (χ2v) is 9.10. The van der Waals surface area contributed by atoms with E-state index in [0.717, 1.165) is 5.75 Å². The van der Waals surface area contributed by atoms with Gasteiger partial charge in [-0.1, -0.05) is 23.2 Å². The Bertz CT molecular complexity index is 997. The summed E-state index contributed by atoms with van der Waals surface area (Å²) < 4.78 is 5.62. The number of anilines is 1. The summed E-state index contributed by atoms with van der Waals surface area (Å²) in [7, 11) is 1.35. The normalized spacial score (nSPS) is 14.3. The Morgan fingerprint density at radius 1 is 1.24 bits per heavy atom. The van der Waals surface area contributed by atoms with Gasteiger partial charge in [0.15, 0.2) is 0 Å². The molecule has 3 rings (SSSR count). The van der Waals surface area contributed by atoms with E-state index < -0.39 is 5.91 Å². The van der Waals surface area contributed by atoms with Gasteiger partial charge in [0.05, 0.1) is 17.2 Å². The first-order valence-electron chi connectivity index (χ1n) is 10.3. The summed E-state index contributed by atoms with van der Waals surface area (Å²) in [4.78, 5) is 43.2. The van der Waals surface area contributed by atoms with Gasteiger partial charge in [-0.15, -0.1) is 0 Å². The van der Waals surface area contributed by atoms with Crippen LogP contribution in [0.3, 0.4) is 0 Å². The van der Waals surface area contributed by atoms with Crippen molar-refractivity contribution in [2.24, 2.45) is 0 Å². The quantitative estimate of drug-likeness (QED) is 0.343. The zero-order chi connectivity index (χ0) is 24.0. The molecular weight excluding hydrogens is 491 g/mol. The molecule has 1 aliphatic heterocycles. The fourth-order valence-electron chi connectivity index (χ4n) is 3.36. The van der Waals surface area contributed by atoms with Crippen molar-refractivity contribution in [3.63, 3.8) is 0 Å². The Hall–Kier alpha value is -2.21. The van der Waals surface area contributed by atoms with Crippen LogP contribution in [-0.2, 0) is 4.84 Å². The fraction of sp³-hybridized carbons (Fsp3) is 0.500. The van der Waals surface area contributed by atoms with Crippen molar-refractivity contribution in [2.75, 3.05) is 43.7 Å². The molecule has 0 radical (unpaired) electrons. The van der Waals surface area contributed by atoms with Crippen molar-refractivity contribution in [3.8, 4) is 6.01 Å². The molecule has 2 aromatic rings. The van der Waals surface area contributed by atoms with Crippen LogP contribution < -0.4 is 20.4 Å². The highest BCUT2D eigenvalue weighted by Crippen LogP contribution is 2.29. The number of aryl methyl sites for hydroxylation is 1. The van der Waals surface area contributed by atoms with Gasteiger partial charge in [0, 0.05) is 36.6 Å². The maximum Gasteiger partial charge on any atom is 0.319 e. The van der Waals surface area contributed by atoms with E-state index in [0.29, 0.717) is 49.1 Å². The number of carbonyl (C=O) groups is 2. The SMILES string of the molecule is CONC(=O)c1cc(N2CCC(NC(=O)c3[nH]c(C)c(Cl)c3Cl)CC2)nc(OCCSC)n1. The van der Waals surface area contributed by atoms with Crippen molar-refractivity contribution in [2.45, 2.75) is 25.8 Å². The first-order valence-corrected chi connectivity index (χ1v) is 12.4. The Labute approximate surface area is 206 Å². The monoisotopic (exact) mass is 516 g/mol. The van der Waals surface area contributed by atoms with Crippen LogP contribution in [0.25, 0.3) is 0 Å². The second kappa shape index (κ2) is 11.8. The molecule has 10 nitrogen and oxygen atoms in total. The topological polar surface area (TPSA) is 121 Å². The van der Waals surface area contributed by atoms with E-state index in [4.69, 9.17) is 32.8 Å². The standard InChI is InChI=1S/C20H26Cl2N6O4S/c1-11-15(21)16(22)17(23-11)19(30)24-12-4-6-28(7-5-12)14-10-13(18(29)27-31-2)25-20(26-14)32-8-9-33-3/h10,12,23H,4-9H2,1-3H3,(H,24,30)(H,27,29). The molecule has 2 amide bonds. The average Bonchev–Trinajstić information content (AvgIpc) is 3.07. The molecule has 0 saturated carbocycles. The third-order valence-corrected chi connectivity index (χ3v) is 6.60. The molecule has 0 aliphatic carbocycles. The van der Waals surface area contributed by atoms with Crippen molar-refractivity contribution < 1.29 is 19.2 Å². The smallest absolute Gasteiger partial charge is 0.319 e. The van der Waals surface area contributed by atoms with Crippen molar-refractivity contribution in [1.82, 2.24) is 25.7 Å². The molecule has 3 N–H and O–H groups in total. The zero-order valence-electron chi connectivity index (χ0n) is 18.5. The zero-order valence-corrected chi connectivity index (χ0v) is 20.9. The van der Waals surface area contributed by atoms with E-state index in [-0.39, 0.29) is 34.4 Å². The van der Waals surface area contributed by atoms with Gasteiger partial charge in [0.2, 0.25) is 0 Å². The lowest BCUT2D eigenvalue weighted by molar-refractivity contribution is 0.0531. The molecule has 13 heteroatoms. The maximum absolute atomic E-state index is 12.6. The van der Waals surface area contributed by atoms with Gasteiger partial charge in [-0.2, -0.15) is 21.7 Å². The predicted molar refractivity (Wildman–Crippen MR) is 129 cm³/mol. The highest BCUT2D eigenvalue weighted by Gasteiger charge is 2.26. The van der Waals surface area contributed by atoms with Gasteiger partial charge in [-0.3, -0.25) is 14.4 Å². The molecule has 33 heavy (non-hydrogen) atoms.